The number of hydrogen-bond donors (Lipinski definition) is 1. The highest BCUT2D eigenvalue weighted by molar-refractivity contribution is 7.99. The van der Waals surface area contributed by atoms with E-state index < -0.39 is 0 Å². The molecule has 1 N–H and O–H groups in total. The smallest absolute Gasteiger partial charge is 0.142 e. The van der Waals surface area contributed by atoms with E-state index in [1.54, 1.807) is 23.5 Å². The van der Waals surface area contributed by atoms with Crippen LogP contribution in [-0.2, 0) is 0 Å². The van der Waals surface area contributed by atoms with Crippen molar-refractivity contribution in [3.8, 4) is 5.75 Å². The molecule has 0 saturated carbocycles. The van der Waals surface area contributed by atoms with Crippen LogP contribution in [0.3, 0.4) is 0 Å². The van der Waals surface area contributed by atoms with E-state index in [0.29, 0.717) is 5.75 Å². The zero-order valence-corrected chi connectivity index (χ0v) is 8.13. The third-order valence-corrected chi connectivity index (χ3v) is 2.94. The summed E-state index contributed by atoms with van der Waals surface area (Å²) in [7, 11) is 0. The predicted molar refractivity (Wildman–Crippen MR) is 51.7 cm³/mol. The van der Waals surface area contributed by atoms with Crippen molar-refractivity contribution in [1.29, 1.82) is 0 Å². The largest absolute Gasteiger partial charge is 0.506 e. The first-order chi connectivity index (χ1) is 5.29. The Kier molecular flexibility index (Phi) is 3.15. The lowest BCUT2D eigenvalue weighted by atomic mass is 10.3. The van der Waals surface area contributed by atoms with E-state index in [1.807, 2.05) is 30.7 Å². The van der Waals surface area contributed by atoms with E-state index in [1.165, 1.54) is 0 Å². The molecule has 3 heteroatoms. The van der Waals surface area contributed by atoms with Gasteiger partial charge in [-0.05, 0) is 24.6 Å². The van der Waals surface area contributed by atoms with Gasteiger partial charge in [0, 0.05) is 0 Å². The van der Waals surface area contributed by atoms with Crippen LogP contribution in [0, 0.1) is 0 Å². The van der Waals surface area contributed by atoms with Gasteiger partial charge in [0.1, 0.15) is 5.75 Å². The molecule has 0 bridgehead atoms. The molecule has 0 aliphatic carbocycles. The third kappa shape index (κ3) is 1.84. The number of phenols is 1. The topological polar surface area (TPSA) is 20.2 Å². The molecule has 0 heterocycles. The van der Waals surface area contributed by atoms with Gasteiger partial charge < -0.3 is 5.11 Å². The SMILES string of the molecule is CSc1cccc(SC)c1O. The van der Waals surface area contributed by atoms with Gasteiger partial charge in [0.05, 0.1) is 9.79 Å². The number of phenolic OH excluding ortho intramolecular Hbond substituents is 1. The lowest BCUT2D eigenvalue weighted by Crippen LogP contribution is -1.75. The van der Waals surface area contributed by atoms with Crippen molar-refractivity contribution in [2.24, 2.45) is 0 Å². The normalized spacial score (nSPS) is 10.0. The summed E-state index contributed by atoms with van der Waals surface area (Å²) in [5, 5.41) is 9.55. The highest BCUT2D eigenvalue weighted by Gasteiger charge is 2.03. The fraction of sp³-hybridized carbons (Fsp3) is 0.250. The van der Waals surface area contributed by atoms with Crippen molar-refractivity contribution in [3.63, 3.8) is 0 Å². The van der Waals surface area contributed by atoms with Crippen LogP contribution in [0.5, 0.6) is 5.75 Å². The summed E-state index contributed by atoms with van der Waals surface area (Å²) < 4.78 is 0. The number of para-hydroxylation sites is 1. The minimum atomic E-state index is 0.410. The third-order valence-electron chi connectivity index (χ3n) is 1.40. The quantitative estimate of drug-likeness (QED) is 0.717. The molecule has 0 saturated heterocycles. The van der Waals surface area contributed by atoms with Gasteiger partial charge in [-0.25, -0.2) is 0 Å². The molecule has 0 radical (unpaired) electrons. The fourth-order valence-electron chi connectivity index (χ4n) is 0.832. The number of rotatable bonds is 2. The maximum Gasteiger partial charge on any atom is 0.142 e. The van der Waals surface area contributed by atoms with Crippen molar-refractivity contribution in [2.75, 3.05) is 12.5 Å². The van der Waals surface area contributed by atoms with E-state index in [-0.39, 0.29) is 0 Å². The molecule has 0 atom stereocenters. The van der Waals surface area contributed by atoms with E-state index in [2.05, 4.69) is 0 Å². The van der Waals surface area contributed by atoms with E-state index in [9.17, 15) is 5.11 Å². The first-order valence-corrected chi connectivity index (χ1v) is 5.64. The Morgan fingerprint density at radius 2 is 1.55 bits per heavy atom. The van der Waals surface area contributed by atoms with Crippen molar-refractivity contribution >= 4 is 23.5 Å². The number of aromatic hydroxyl groups is 1. The van der Waals surface area contributed by atoms with E-state index in [4.69, 9.17) is 0 Å². The molecule has 1 aromatic rings. The summed E-state index contributed by atoms with van der Waals surface area (Å²) in [5.41, 5.74) is 0. The standard InChI is InChI=1S/C8H10OS2/c1-10-6-4-3-5-7(11-2)8(6)9/h3-5,9H,1-2H3. The fourth-order valence-corrected chi connectivity index (χ4v) is 1.93. The predicted octanol–water partition coefficient (Wildman–Crippen LogP) is 2.84. The first-order valence-electron chi connectivity index (χ1n) is 3.19. The monoisotopic (exact) mass is 186 g/mol. The van der Waals surface area contributed by atoms with Crippen LogP contribution in [0.15, 0.2) is 28.0 Å². The van der Waals surface area contributed by atoms with Gasteiger partial charge >= 0.3 is 0 Å². The average molecular weight is 186 g/mol. The first kappa shape index (κ1) is 8.81. The molecule has 0 aromatic heterocycles. The Hall–Kier alpha value is -0.280. The van der Waals surface area contributed by atoms with Crippen molar-refractivity contribution in [3.05, 3.63) is 18.2 Å². The summed E-state index contributed by atoms with van der Waals surface area (Å²) in [5.74, 6) is 0.410. The average Bonchev–Trinajstić information content (AvgIpc) is 2.05. The lowest BCUT2D eigenvalue weighted by Gasteiger charge is -2.04. The zero-order chi connectivity index (χ0) is 8.27. The van der Waals surface area contributed by atoms with Crippen LogP contribution >= 0.6 is 23.5 Å². The van der Waals surface area contributed by atoms with Crippen LogP contribution in [0.1, 0.15) is 0 Å². The van der Waals surface area contributed by atoms with Gasteiger partial charge in [-0.15, -0.1) is 23.5 Å². The van der Waals surface area contributed by atoms with Gasteiger partial charge in [0.2, 0.25) is 0 Å². The van der Waals surface area contributed by atoms with Gasteiger partial charge in [-0.3, -0.25) is 0 Å². The van der Waals surface area contributed by atoms with Crippen molar-refractivity contribution < 1.29 is 5.11 Å². The van der Waals surface area contributed by atoms with Gasteiger partial charge in [0.25, 0.3) is 0 Å². The molecule has 0 aliphatic heterocycles. The highest BCUT2D eigenvalue weighted by atomic mass is 32.2. The second-order valence-corrected chi connectivity index (χ2v) is 3.71. The molecule has 0 fully saturated rings. The minimum Gasteiger partial charge on any atom is -0.506 e. The number of hydrogen-bond acceptors (Lipinski definition) is 3. The Morgan fingerprint density at radius 1 is 1.09 bits per heavy atom. The molecule has 0 unspecified atom stereocenters. The molecule has 11 heavy (non-hydrogen) atoms. The molecular weight excluding hydrogens is 176 g/mol. The second kappa shape index (κ2) is 3.93. The van der Waals surface area contributed by atoms with E-state index in [0.717, 1.165) is 9.79 Å². The zero-order valence-electron chi connectivity index (χ0n) is 6.50. The van der Waals surface area contributed by atoms with Crippen LogP contribution < -0.4 is 0 Å². The van der Waals surface area contributed by atoms with E-state index >= 15 is 0 Å². The summed E-state index contributed by atoms with van der Waals surface area (Å²) in [4.78, 5) is 1.88. The Bertz CT molecular complexity index is 226. The van der Waals surface area contributed by atoms with Gasteiger partial charge in [0.15, 0.2) is 0 Å². The molecule has 0 aliphatic rings. The number of benzene rings is 1. The second-order valence-electron chi connectivity index (χ2n) is 2.01. The Morgan fingerprint density at radius 3 is 1.91 bits per heavy atom. The summed E-state index contributed by atoms with van der Waals surface area (Å²) >= 11 is 3.12. The van der Waals surface area contributed by atoms with Crippen LogP contribution in [0.2, 0.25) is 0 Å². The summed E-state index contributed by atoms with van der Waals surface area (Å²) in [6, 6.07) is 5.79. The molecule has 60 valence electrons. The molecule has 0 amide bonds. The summed E-state index contributed by atoms with van der Waals surface area (Å²) in [6.07, 6.45) is 3.92. The van der Waals surface area contributed by atoms with Crippen molar-refractivity contribution in [2.45, 2.75) is 9.79 Å². The van der Waals surface area contributed by atoms with Crippen LogP contribution in [-0.4, -0.2) is 17.6 Å². The van der Waals surface area contributed by atoms with Crippen LogP contribution in [0.4, 0.5) is 0 Å². The van der Waals surface area contributed by atoms with Gasteiger partial charge in [-0.2, -0.15) is 0 Å². The highest BCUT2D eigenvalue weighted by Crippen LogP contribution is 2.34. The maximum absolute atomic E-state index is 9.55. The number of thioether (sulfide) groups is 2. The molecule has 1 rings (SSSR count). The molecular formula is C8H10OS2. The molecule has 1 nitrogen and oxygen atoms in total. The lowest BCUT2D eigenvalue weighted by molar-refractivity contribution is 0.449. The van der Waals surface area contributed by atoms with Gasteiger partial charge in [-0.1, -0.05) is 6.07 Å². The van der Waals surface area contributed by atoms with Crippen LogP contribution in [0.25, 0.3) is 0 Å². The maximum atomic E-state index is 9.55. The molecule has 0 spiro atoms. The molecule has 1 aromatic carbocycles. The minimum absolute atomic E-state index is 0.410. The summed E-state index contributed by atoms with van der Waals surface area (Å²) in [6.45, 7) is 0. The van der Waals surface area contributed by atoms with Crippen molar-refractivity contribution in [1.82, 2.24) is 0 Å². The Balaban J connectivity index is 3.10. The Labute approximate surface area is 75.2 Å².